The van der Waals surface area contributed by atoms with Crippen molar-refractivity contribution in [3.63, 3.8) is 0 Å². The van der Waals surface area contributed by atoms with Crippen molar-refractivity contribution in [2.75, 3.05) is 27.5 Å². The molecule has 0 unspecified atom stereocenters. The van der Waals surface area contributed by atoms with Gasteiger partial charge >= 0.3 is 12.2 Å². The minimum Gasteiger partial charge on any atom is -0.323 e. The zero-order valence-corrected chi connectivity index (χ0v) is 24.4. The number of nitrogens with zero attached hydrogens (tertiary/aromatic N) is 6. The number of nitrogens with one attached hydrogen (secondary N) is 2. The van der Waals surface area contributed by atoms with Crippen molar-refractivity contribution in [3.05, 3.63) is 113 Å². The lowest BCUT2D eigenvalue weighted by Crippen LogP contribution is -2.46. The number of anilines is 5. The van der Waals surface area contributed by atoms with Gasteiger partial charge in [0, 0.05) is 48.1 Å². The van der Waals surface area contributed by atoms with Gasteiger partial charge < -0.3 is 15.2 Å². The second-order valence-corrected chi connectivity index (χ2v) is 10.6. The van der Waals surface area contributed by atoms with Gasteiger partial charge in [-0.1, -0.05) is 6.07 Å². The van der Waals surface area contributed by atoms with E-state index in [1.807, 2.05) is 26.0 Å². The number of urea groups is 1. The zero-order valence-electron chi connectivity index (χ0n) is 24.4. The van der Waals surface area contributed by atoms with E-state index in [1.165, 1.54) is 38.9 Å². The molecule has 0 radical (unpaired) electrons. The van der Waals surface area contributed by atoms with E-state index < -0.39 is 17.6 Å². The molecule has 2 aromatic carbocycles. The molecule has 3 amide bonds. The van der Waals surface area contributed by atoms with E-state index in [9.17, 15) is 22.8 Å². The van der Waals surface area contributed by atoms with Crippen LogP contribution in [0.5, 0.6) is 0 Å². The predicted octanol–water partition coefficient (Wildman–Crippen LogP) is 6.87. The second-order valence-electron chi connectivity index (χ2n) is 10.6. The molecule has 0 aliphatic carbocycles. The van der Waals surface area contributed by atoms with Crippen molar-refractivity contribution in [2.24, 2.45) is 0 Å². The van der Waals surface area contributed by atoms with E-state index in [0.717, 1.165) is 17.3 Å². The predicted molar refractivity (Wildman–Crippen MR) is 164 cm³/mol. The molecule has 2 N–H and O–H groups in total. The van der Waals surface area contributed by atoms with Gasteiger partial charge in [0.2, 0.25) is 5.95 Å². The minimum absolute atomic E-state index is 0.0891. The highest BCUT2D eigenvalue weighted by Gasteiger charge is 2.35. The third-order valence-electron chi connectivity index (χ3n) is 7.38. The molecule has 45 heavy (non-hydrogen) atoms. The summed E-state index contributed by atoms with van der Waals surface area (Å²) in [7, 11) is 1.61. The number of aryl methyl sites for hydroxylation is 2. The van der Waals surface area contributed by atoms with Crippen LogP contribution in [0.1, 0.15) is 32.7 Å². The van der Waals surface area contributed by atoms with Crippen LogP contribution in [0.2, 0.25) is 0 Å². The van der Waals surface area contributed by atoms with E-state index in [-0.39, 0.29) is 23.8 Å². The Balaban J connectivity index is 1.24. The van der Waals surface area contributed by atoms with E-state index in [4.69, 9.17) is 0 Å². The first kappa shape index (κ1) is 29.4. The zero-order chi connectivity index (χ0) is 31.9. The van der Waals surface area contributed by atoms with Crippen LogP contribution in [0.4, 0.5) is 46.8 Å². The molecule has 3 aromatic heterocycles. The SMILES string of the molecule is Cc1ccc(Nc2ncc3c(n2)N(C)C(=O)N(c2cc(NC(=O)c4ccc(-n5cccc5)c(C(F)(F)F)c4)ccc2C)C3)cn1. The Hall–Kier alpha value is -5.72. The van der Waals surface area contributed by atoms with Gasteiger partial charge in [-0.3, -0.25) is 19.6 Å². The Morgan fingerprint density at radius 1 is 0.911 bits per heavy atom. The van der Waals surface area contributed by atoms with E-state index in [1.54, 1.807) is 49.8 Å². The van der Waals surface area contributed by atoms with Gasteiger partial charge in [-0.2, -0.15) is 18.2 Å². The highest BCUT2D eigenvalue weighted by molar-refractivity contribution is 6.07. The molecule has 0 saturated carbocycles. The molecule has 1 aliphatic rings. The third kappa shape index (κ3) is 5.92. The lowest BCUT2D eigenvalue weighted by atomic mass is 10.1. The van der Waals surface area contributed by atoms with E-state index in [0.29, 0.717) is 34.4 Å². The minimum atomic E-state index is -4.68. The third-order valence-corrected chi connectivity index (χ3v) is 7.38. The van der Waals surface area contributed by atoms with Gasteiger partial charge in [-0.25, -0.2) is 9.78 Å². The first-order valence-corrected chi connectivity index (χ1v) is 13.9. The molecule has 4 heterocycles. The molecular formula is C32H27F3N8O2. The van der Waals surface area contributed by atoms with Gasteiger partial charge in [0.1, 0.15) is 5.82 Å². The van der Waals surface area contributed by atoms with Gasteiger partial charge in [0.05, 0.1) is 35.4 Å². The summed E-state index contributed by atoms with van der Waals surface area (Å²) < 4.78 is 43.1. The van der Waals surface area contributed by atoms with Crippen LogP contribution in [0.3, 0.4) is 0 Å². The summed E-state index contributed by atoms with van der Waals surface area (Å²) in [4.78, 5) is 42.8. The molecular weight excluding hydrogens is 585 g/mol. The first-order chi connectivity index (χ1) is 21.5. The van der Waals surface area contributed by atoms with Crippen LogP contribution in [0.15, 0.2) is 85.5 Å². The smallest absolute Gasteiger partial charge is 0.323 e. The fourth-order valence-electron chi connectivity index (χ4n) is 5.03. The Kier molecular flexibility index (Phi) is 7.44. The van der Waals surface area contributed by atoms with Crippen LogP contribution in [0, 0.1) is 13.8 Å². The van der Waals surface area contributed by atoms with Gasteiger partial charge in [-0.05, 0) is 74.0 Å². The largest absolute Gasteiger partial charge is 0.418 e. The van der Waals surface area contributed by atoms with Crippen molar-refractivity contribution in [1.29, 1.82) is 0 Å². The average molecular weight is 613 g/mol. The Bertz CT molecular complexity index is 1910. The van der Waals surface area contributed by atoms with Crippen LogP contribution >= 0.6 is 0 Å². The Morgan fingerprint density at radius 2 is 1.67 bits per heavy atom. The van der Waals surface area contributed by atoms with E-state index >= 15 is 0 Å². The maximum atomic E-state index is 13.9. The number of carbonyl (C=O) groups excluding carboxylic acids is 2. The quantitative estimate of drug-likeness (QED) is 0.217. The highest BCUT2D eigenvalue weighted by atomic mass is 19.4. The van der Waals surface area contributed by atoms with Crippen molar-refractivity contribution in [1.82, 2.24) is 19.5 Å². The number of aromatic nitrogens is 4. The number of pyridine rings is 1. The number of hydrogen-bond acceptors (Lipinski definition) is 6. The molecule has 0 saturated heterocycles. The normalized spacial score (nSPS) is 13.1. The number of halogens is 3. The number of rotatable bonds is 6. The highest BCUT2D eigenvalue weighted by Crippen LogP contribution is 2.36. The summed E-state index contributed by atoms with van der Waals surface area (Å²) in [6.45, 7) is 3.87. The molecule has 228 valence electrons. The van der Waals surface area contributed by atoms with Crippen molar-refractivity contribution in [2.45, 2.75) is 26.6 Å². The molecule has 1 aliphatic heterocycles. The van der Waals surface area contributed by atoms with Gasteiger partial charge in [0.25, 0.3) is 5.91 Å². The van der Waals surface area contributed by atoms with Crippen molar-refractivity contribution < 1.29 is 22.8 Å². The fraction of sp³-hybridized carbons (Fsp3) is 0.156. The second kappa shape index (κ2) is 11.4. The standard InChI is InChI=1S/C32H27F3N8O2/c1-19-6-9-23(38-29(44)21-8-11-26(42-12-4-5-13-42)25(14-21)32(33,34)35)15-27(19)43-18-22-16-37-30(40-28(22)41(3)31(43)45)39-24-10-7-20(2)36-17-24/h4-17H,18H2,1-3H3,(H,38,44)(H,37,39,40). The summed E-state index contributed by atoms with van der Waals surface area (Å²) >= 11 is 0. The van der Waals surface area contributed by atoms with Gasteiger partial charge in [-0.15, -0.1) is 0 Å². The topological polar surface area (TPSA) is 108 Å². The average Bonchev–Trinajstić information content (AvgIpc) is 3.56. The molecule has 0 bridgehead atoms. The molecule has 0 atom stereocenters. The lowest BCUT2D eigenvalue weighted by molar-refractivity contribution is -0.137. The summed E-state index contributed by atoms with van der Waals surface area (Å²) in [6.07, 6.45) is 1.63. The number of alkyl halides is 3. The summed E-state index contributed by atoms with van der Waals surface area (Å²) in [6, 6.07) is 15.0. The maximum Gasteiger partial charge on any atom is 0.418 e. The summed E-state index contributed by atoms with van der Waals surface area (Å²) in [5.41, 5.74) is 2.66. The lowest BCUT2D eigenvalue weighted by Gasteiger charge is -2.35. The van der Waals surface area contributed by atoms with Crippen LogP contribution in [0.25, 0.3) is 5.69 Å². The number of hydrogen-bond donors (Lipinski definition) is 2. The monoisotopic (exact) mass is 612 g/mol. The molecule has 13 heteroatoms. The molecule has 5 aromatic rings. The van der Waals surface area contributed by atoms with Crippen LogP contribution in [-0.4, -0.2) is 38.5 Å². The van der Waals surface area contributed by atoms with Gasteiger partial charge in [0.15, 0.2) is 0 Å². The fourth-order valence-corrected chi connectivity index (χ4v) is 5.03. The summed E-state index contributed by atoms with van der Waals surface area (Å²) in [5, 5.41) is 5.76. The van der Waals surface area contributed by atoms with Crippen LogP contribution < -0.4 is 20.4 Å². The van der Waals surface area contributed by atoms with E-state index in [2.05, 4.69) is 25.6 Å². The Labute approximate surface area is 256 Å². The number of carbonyl (C=O) groups is 2. The Morgan fingerprint density at radius 3 is 2.38 bits per heavy atom. The van der Waals surface area contributed by atoms with Crippen molar-refractivity contribution in [3.8, 4) is 5.69 Å². The first-order valence-electron chi connectivity index (χ1n) is 13.9. The van der Waals surface area contributed by atoms with Crippen molar-refractivity contribution >= 4 is 40.8 Å². The number of fused-ring (bicyclic) bond motifs is 1. The van der Waals surface area contributed by atoms with Crippen LogP contribution in [-0.2, 0) is 12.7 Å². The summed E-state index contributed by atoms with van der Waals surface area (Å²) in [5.74, 6) is 0.0298. The molecule has 10 nitrogen and oxygen atoms in total. The molecule has 6 rings (SSSR count). The molecule has 0 fully saturated rings. The maximum absolute atomic E-state index is 13.9. The molecule has 0 spiro atoms. The number of benzene rings is 2. The number of amides is 3.